The zero-order valence-corrected chi connectivity index (χ0v) is 16.4. The number of para-hydroxylation sites is 2. The van der Waals surface area contributed by atoms with Crippen molar-refractivity contribution in [2.75, 3.05) is 13.1 Å². The van der Waals surface area contributed by atoms with E-state index in [1.54, 1.807) is 6.07 Å². The average Bonchev–Trinajstić information content (AvgIpc) is 3.16. The molecule has 1 atom stereocenters. The van der Waals surface area contributed by atoms with E-state index in [4.69, 9.17) is 4.74 Å². The second-order valence-corrected chi connectivity index (χ2v) is 8.63. The minimum atomic E-state index is -5.00. The summed E-state index contributed by atoms with van der Waals surface area (Å²) in [5.41, 5.74) is 0.746. The number of sulfonamides is 1. The van der Waals surface area contributed by atoms with Gasteiger partial charge in [0.25, 0.3) is 0 Å². The van der Waals surface area contributed by atoms with E-state index in [1.165, 1.54) is 12.1 Å². The van der Waals surface area contributed by atoms with Crippen LogP contribution in [0.1, 0.15) is 6.42 Å². The van der Waals surface area contributed by atoms with Crippen LogP contribution in [0, 0.1) is 0 Å². The highest BCUT2D eigenvalue weighted by atomic mass is 32.2. The standard InChI is InChI=1S/C20H17F3N2O4S/c21-20(22,23)29-17-7-3-4-8-18(17)30(26,27)25-12-11-15(13-25)28-19-10-9-14-5-1-2-6-16(14)24-19/h1-10,15H,11-13H2/t15-/m1/s1. The van der Waals surface area contributed by atoms with Gasteiger partial charge >= 0.3 is 6.36 Å². The van der Waals surface area contributed by atoms with Gasteiger partial charge in [-0.05, 0) is 30.7 Å². The molecule has 0 aliphatic carbocycles. The van der Waals surface area contributed by atoms with Crippen molar-refractivity contribution in [3.63, 3.8) is 0 Å². The molecule has 3 aromatic rings. The van der Waals surface area contributed by atoms with Crippen molar-refractivity contribution in [2.45, 2.75) is 23.8 Å². The highest BCUT2D eigenvalue weighted by Crippen LogP contribution is 2.33. The number of nitrogens with zero attached hydrogens (tertiary/aromatic N) is 2. The maximum absolute atomic E-state index is 12.9. The van der Waals surface area contributed by atoms with Gasteiger partial charge in [0.1, 0.15) is 16.7 Å². The number of ether oxygens (including phenoxy) is 2. The molecule has 0 bridgehead atoms. The number of fused-ring (bicyclic) bond motifs is 1. The monoisotopic (exact) mass is 438 g/mol. The SMILES string of the molecule is O=S(=O)(c1ccccc1OC(F)(F)F)N1CC[C@@H](Oc2ccc3ccccc3n2)C1. The first-order valence-corrected chi connectivity index (χ1v) is 10.5. The molecule has 0 N–H and O–H groups in total. The van der Waals surface area contributed by atoms with E-state index in [0.29, 0.717) is 12.3 Å². The molecule has 1 aromatic heterocycles. The Bertz CT molecular complexity index is 1170. The Morgan fingerprint density at radius 2 is 1.73 bits per heavy atom. The molecule has 4 rings (SSSR count). The molecule has 2 aromatic carbocycles. The molecule has 0 amide bonds. The van der Waals surface area contributed by atoms with E-state index in [2.05, 4.69) is 9.72 Å². The maximum atomic E-state index is 12.9. The van der Waals surface area contributed by atoms with Gasteiger partial charge in [-0.25, -0.2) is 13.4 Å². The van der Waals surface area contributed by atoms with Crippen molar-refractivity contribution >= 4 is 20.9 Å². The van der Waals surface area contributed by atoms with Crippen LogP contribution in [0.15, 0.2) is 65.6 Å². The summed E-state index contributed by atoms with van der Waals surface area (Å²) >= 11 is 0. The van der Waals surface area contributed by atoms with Gasteiger partial charge in [-0.2, -0.15) is 4.31 Å². The predicted octanol–water partition coefficient (Wildman–Crippen LogP) is 3.98. The summed E-state index contributed by atoms with van der Waals surface area (Å²) in [5.74, 6) is -0.399. The first-order chi connectivity index (χ1) is 14.2. The molecule has 158 valence electrons. The molecule has 0 unspecified atom stereocenters. The Balaban J connectivity index is 1.51. The molecule has 0 saturated carbocycles. The molecule has 10 heteroatoms. The summed E-state index contributed by atoms with van der Waals surface area (Å²) < 4.78 is 74.6. The molecule has 1 aliphatic rings. The lowest BCUT2D eigenvalue weighted by atomic mass is 10.2. The first kappa shape index (κ1) is 20.4. The molecule has 30 heavy (non-hydrogen) atoms. The van der Waals surface area contributed by atoms with Crippen LogP contribution in [-0.2, 0) is 10.0 Å². The molecule has 6 nitrogen and oxygen atoms in total. The van der Waals surface area contributed by atoms with Crippen LogP contribution in [0.25, 0.3) is 10.9 Å². The van der Waals surface area contributed by atoms with Crippen LogP contribution in [0.2, 0.25) is 0 Å². The van der Waals surface area contributed by atoms with Crippen molar-refractivity contribution in [3.8, 4) is 11.6 Å². The van der Waals surface area contributed by atoms with E-state index >= 15 is 0 Å². The summed E-state index contributed by atoms with van der Waals surface area (Å²) in [5, 5.41) is 0.946. The molecule has 1 fully saturated rings. The zero-order valence-electron chi connectivity index (χ0n) is 15.5. The molecular formula is C20H17F3N2O4S. The number of hydrogen-bond donors (Lipinski definition) is 0. The van der Waals surface area contributed by atoms with E-state index in [1.807, 2.05) is 30.3 Å². The van der Waals surface area contributed by atoms with E-state index in [9.17, 15) is 21.6 Å². The number of benzene rings is 2. The van der Waals surface area contributed by atoms with Gasteiger partial charge in [0.05, 0.1) is 12.1 Å². The molecule has 0 radical (unpaired) electrons. The van der Waals surface area contributed by atoms with E-state index in [0.717, 1.165) is 27.3 Å². The van der Waals surface area contributed by atoms with Crippen LogP contribution in [0.5, 0.6) is 11.6 Å². The van der Waals surface area contributed by atoms with Crippen LogP contribution in [-0.4, -0.2) is 43.3 Å². The Kier molecular flexibility index (Phi) is 5.29. The summed E-state index contributed by atoms with van der Waals surface area (Å²) in [6.45, 7) is 0.109. The maximum Gasteiger partial charge on any atom is 0.573 e. The third-order valence-electron chi connectivity index (χ3n) is 4.66. The largest absolute Gasteiger partial charge is 0.573 e. The van der Waals surface area contributed by atoms with Gasteiger partial charge in [-0.3, -0.25) is 0 Å². The fraction of sp³-hybridized carbons (Fsp3) is 0.250. The van der Waals surface area contributed by atoms with Gasteiger partial charge < -0.3 is 9.47 Å². The fourth-order valence-corrected chi connectivity index (χ4v) is 4.91. The Morgan fingerprint density at radius 1 is 1.00 bits per heavy atom. The Morgan fingerprint density at radius 3 is 2.53 bits per heavy atom. The molecule has 0 spiro atoms. The lowest BCUT2D eigenvalue weighted by Gasteiger charge is -2.19. The lowest BCUT2D eigenvalue weighted by Crippen LogP contribution is -2.32. The summed E-state index contributed by atoms with van der Waals surface area (Å²) in [6.07, 6.45) is -5.08. The van der Waals surface area contributed by atoms with Crippen molar-refractivity contribution in [1.29, 1.82) is 0 Å². The van der Waals surface area contributed by atoms with Crippen LogP contribution in [0.4, 0.5) is 13.2 Å². The first-order valence-electron chi connectivity index (χ1n) is 9.10. The van der Waals surface area contributed by atoms with Gasteiger partial charge in [-0.15, -0.1) is 13.2 Å². The van der Waals surface area contributed by atoms with Crippen molar-refractivity contribution in [3.05, 3.63) is 60.7 Å². The van der Waals surface area contributed by atoms with Crippen molar-refractivity contribution in [1.82, 2.24) is 9.29 Å². The van der Waals surface area contributed by atoms with Gasteiger partial charge in [0.15, 0.2) is 0 Å². The minimum Gasteiger partial charge on any atom is -0.473 e. The number of rotatable bonds is 5. The normalized spacial score (nSPS) is 17.9. The quantitative estimate of drug-likeness (QED) is 0.603. The number of aromatic nitrogens is 1. The number of halogens is 3. The number of hydrogen-bond acceptors (Lipinski definition) is 5. The molecular weight excluding hydrogens is 421 g/mol. The predicted molar refractivity (Wildman–Crippen MR) is 103 cm³/mol. The van der Waals surface area contributed by atoms with E-state index < -0.39 is 33.1 Å². The highest BCUT2D eigenvalue weighted by Gasteiger charge is 2.38. The average molecular weight is 438 g/mol. The topological polar surface area (TPSA) is 68.7 Å². The lowest BCUT2D eigenvalue weighted by molar-refractivity contribution is -0.275. The molecule has 1 aliphatic heterocycles. The fourth-order valence-electron chi connectivity index (χ4n) is 3.31. The number of pyridine rings is 1. The van der Waals surface area contributed by atoms with Gasteiger partial charge in [-0.1, -0.05) is 30.3 Å². The second-order valence-electron chi connectivity index (χ2n) is 6.73. The highest BCUT2D eigenvalue weighted by molar-refractivity contribution is 7.89. The van der Waals surface area contributed by atoms with Crippen molar-refractivity contribution < 1.29 is 31.1 Å². The number of alkyl halides is 3. The van der Waals surface area contributed by atoms with Crippen LogP contribution < -0.4 is 9.47 Å². The molecule has 2 heterocycles. The zero-order chi connectivity index (χ0) is 21.4. The Hall–Kier alpha value is -2.85. The van der Waals surface area contributed by atoms with Crippen LogP contribution >= 0.6 is 0 Å². The van der Waals surface area contributed by atoms with Crippen molar-refractivity contribution in [2.24, 2.45) is 0 Å². The van der Waals surface area contributed by atoms with Crippen LogP contribution in [0.3, 0.4) is 0 Å². The second kappa shape index (κ2) is 7.77. The van der Waals surface area contributed by atoms with Gasteiger partial charge in [0.2, 0.25) is 15.9 Å². The summed E-state index contributed by atoms with van der Waals surface area (Å²) in [6, 6.07) is 15.7. The summed E-state index contributed by atoms with van der Waals surface area (Å²) in [7, 11) is -4.19. The third kappa shape index (κ3) is 4.34. The smallest absolute Gasteiger partial charge is 0.473 e. The molecule has 1 saturated heterocycles. The Labute approximate surface area is 170 Å². The minimum absolute atomic E-state index is 0.00279. The third-order valence-corrected chi connectivity index (χ3v) is 6.57. The summed E-state index contributed by atoms with van der Waals surface area (Å²) in [4.78, 5) is 3.87. The van der Waals surface area contributed by atoms with E-state index in [-0.39, 0.29) is 13.1 Å². The van der Waals surface area contributed by atoms with Gasteiger partial charge in [0, 0.05) is 18.0 Å².